The zero-order valence-electron chi connectivity index (χ0n) is 18.8. The monoisotopic (exact) mass is 432 g/mol. The van der Waals surface area contributed by atoms with Crippen LogP contribution in [0.25, 0.3) is 0 Å². The Labute approximate surface area is 185 Å². The molecule has 0 spiro atoms. The number of unbranched alkanes of at least 4 members (excludes halogenated alkanes) is 2. The molecule has 2 heterocycles. The van der Waals surface area contributed by atoms with Crippen LogP contribution in [0.4, 0.5) is 0 Å². The van der Waals surface area contributed by atoms with Crippen molar-refractivity contribution in [1.29, 1.82) is 0 Å². The van der Waals surface area contributed by atoms with Crippen LogP contribution in [0.1, 0.15) is 82.0 Å². The van der Waals surface area contributed by atoms with Crippen molar-refractivity contribution in [2.45, 2.75) is 89.6 Å². The lowest BCUT2D eigenvalue weighted by atomic mass is 9.85. The third kappa shape index (κ3) is 7.04. The highest BCUT2D eigenvalue weighted by Crippen LogP contribution is 2.36. The van der Waals surface area contributed by atoms with Crippen molar-refractivity contribution in [3.05, 3.63) is 35.9 Å². The van der Waals surface area contributed by atoms with Gasteiger partial charge in [0.1, 0.15) is 12.2 Å². The molecular weight excluding hydrogens is 396 g/mol. The first-order chi connectivity index (χ1) is 15.0. The molecule has 0 unspecified atom stereocenters. The van der Waals surface area contributed by atoms with Gasteiger partial charge in [0, 0.05) is 25.7 Å². The summed E-state index contributed by atoms with van der Waals surface area (Å²) >= 11 is 0. The van der Waals surface area contributed by atoms with Gasteiger partial charge in [0.2, 0.25) is 0 Å². The predicted molar refractivity (Wildman–Crippen MR) is 117 cm³/mol. The van der Waals surface area contributed by atoms with Crippen molar-refractivity contribution in [2.75, 3.05) is 13.2 Å². The van der Waals surface area contributed by atoms with E-state index in [-0.39, 0.29) is 30.1 Å². The van der Waals surface area contributed by atoms with Crippen LogP contribution in [0.2, 0.25) is 0 Å². The van der Waals surface area contributed by atoms with E-state index >= 15 is 0 Å². The van der Waals surface area contributed by atoms with Crippen LogP contribution in [0.3, 0.4) is 0 Å². The molecule has 1 aromatic rings. The molecule has 0 saturated carbocycles. The van der Waals surface area contributed by atoms with Gasteiger partial charge < -0.3 is 18.9 Å². The fourth-order valence-corrected chi connectivity index (χ4v) is 4.55. The van der Waals surface area contributed by atoms with E-state index in [1.807, 2.05) is 25.1 Å². The molecule has 0 aliphatic carbocycles. The molecule has 2 saturated heterocycles. The number of esters is 2. The van der Waals surface area contributed by atoms with E-state index in [2.05, 4.69) is 6.92 Å². The topological polar surface area (TPSA) is 71.1 Å². The molecular formula is C25H36O6. The van der Waals surface area contributed by atoms with Gasteiger partial charge in [0.05, 0.1) is 18.8 Å². The Balaban J connectivity index is 1.69. The second-order valence-electron chi connectivity index (χ2n) is 8.75. The van der Waals surface area contributed by atoms with Crippen LogP contribution < -0.4 is 0 Å². The number of hydrogen-bond donors (Lipinski definition) is 0. The molecule has 0 N–H and O–H groups in total. The maximum absolute atomic E-state index is 12.7. The summed E-state index contributed by atoms with van der Waals surface area (Å²) in [6.45, 7) is 5.28. The van der Waals surface area contributed by atoms with Crippen molar-refractivity contribution in [1.82, 2.24) is 0 Å². The third-order valence-corrected chi connectivity index (χ3v) is 6.28. The maximum Gasteiger partial charge on any atom is 0.338 e. The van der Waals surface area contributed by atoms with Gasteiger partial charge in [-0.15, -0.1) is 0 Å². The molecule has 172 valence electrons. The second kappa shape index (κ2) is 11.6. The summed E-state index contributed by atoms with van der Waals surface area (Å²) in [5, 5.41) is 0. The van der Waals surface area contributed by atoms with Gasteiger partial charge in [-0.25, -0.2) is 4.79 Å². The van der Waals surface area contributed by atoms with E-state index in [1.165, 1.54) is 0 Å². The standard InChI is InChI=1S/C25H36O6/c1-3-4-8-14-25(28-16-17-29-25)15-13-20-11-12-23(26)30-19(2)18-22(20)31-24(27)21-9-6-5-7-10-21/h5-7,9-10,19-20,22H,3-4,8,11-18H2,1-2H3/t19-,20+,22-/m1/s1. The normalized spacial score (nSPS) is 26.0. The smallest absolute Gasteiger partial charge is 0.338 e. The first-order valence-corrected chi connectivity index (χ1v) is 11.7. The summed E-state index contributed by atoms with van der Waals surface area (Å²) in [5.74, 6) is -1.01. The summed E-state index contributed by atoms with van der Waals surface area (Å²) < 4.78 is 23.5. The van der Waals surface area contributed by atoms with Gasteiger partial charge in [0.25, 0.3) is 0 Å². The first-order valence-electron chi connectivity index (χ1n) is 11.7. The molecule has 0 amide bonds. The number of ether oxygens (including phenoxy) is 4. The van der Waals surface area contributed by atoms with Gasteiger partial charge in [-0.2, -0.15) is 0 Å². The van der Waals surface area contributed by atoms with E-state index in [0.29, 0.717) is 38.0 Å². The van der Waals surface area contributed by atoms with E-state index in [4.69, 9.17) is 18.9 Å². The van der Waals surface area contributed by atoms with Crippen molar-refractivity contribution < 1.29 is 28.5 Å². The highest BCUT2D eigenvalue weighted by Gasteiger charge is 2.39. The van der Waals surface area contributed by atoms with Crippen LogP contribution in [0.15, 0.2) is 30.3 Å². The molecule has 3 rings (SSSR count). The number of benzene rings is 1. The molecule has 0 bridgehead atoms. The van der Waals surface area contributed by atoms with Gasteiger partial charge in [-0.1, -0.05) is 38.0 Å². The average Bonchev–Trinajstić information content (AvgIpc) is 3.22. The predicted octanol–water partition coefficient (Wildman–Crippen LogP) is 5.05. The Hall–Kier alpha value is -1.92. The molecule has 6 nitrogen and oxygen atoms in total. The van der Waals surface area contributed by atoms with Gasteiger partial charge >= 0.3 is 11.9 Å². The van der Waals surface area contributed by atoms with Crippen LogP contribution >= 0.6 is 0 Å². The van der Waals surface area contributed by atoms with Crippen LogP contribution in [-0.2, 0) is 23.7 Å². The zero-order chi connectivity index (χ0) is 22.1. The fraction of sp³-hybridized carbons (Fsp3) is 0.680. The lowest BCUT2D eigenvalue weighted by Crippen LogP contribution is -2.37. The number of carbonyl (C=O) groups is 2. The minimum Gasteiger partial charge on any atom is -0.463 e. The molecule has 2 aliphatic heterocycles. The van der Waals surface area contributed by atoms with E-state index in [0.717, 1.165) is 38.5 Å². The molecule has 2 fully saturated rings. The van der Waals surface area contributed by atoms with Crippen LogP contribution in [-0.4, -0.2) is 43.1 Å². The quantitative estimate of drug-likeness (QED) is 0.402. The summed E-state index contributed by atoms with van der Waals surface area (Å²) in [7, 11) is 0. The summed E-state index contributed by atoms with van der Waals surface area (Å²) in [6, 6.07) is 9.03. The summed E-state index contributed by atoms with van der Waals surface area (Å²) in [4.78, 5) is 24.8. The molecule has 0 radical (unpaired) electrons. The van der Waals surface area contributed by atoms with Crippen molar-refractivity contribution in [3.63, 3.8) is 0 Å². The second-order valence-corrected chi connectivity index (χ2v) is 8.75. The number of hydrogen-bond acceptors (Lipinski definition) is 6. The van der Waals surface area contributed by atoms with E-state index in [9.17, 15) is 9.59 Å². The Kier molecular flexibility index (Phi) is 8.90. The number of carbonyl (C=O) groups excluding carboxylic acids is 2. The Morgan fingerprint density at radius 2 is 1.87 bits per heavy atom. The Morgan fingerprint density at radius 1 is 1.13 bits per heavy atom. The van der Waals surface area contributed by atoms with Gasteiger partial charge in [-0.3, -0.25) is 4.79 Å². The van der Waals surface area contributed by atoms with Crippen LogP contribution in [0.5, 0.6) is 0 Å². The number of cyclic esters (lactones) is 1. The fourth-order valence-electron chi connectivity index (χ4n) is 4.55. The summed E-state index contributed by atoms with van der Waals surface area (Å²) in [5.41, 5.74) is 0.534. The molecule has 0 aromatic heterocycles. The molecule has 31 heavy (non-hydrogen) atoms. The van der Waals surface area contributed by atoms with E-state index in [1.54, 1.807) is 12.1 Å². The molecule has 3 atom stereocenters. The highest BCUT2D eigenvalue weighted by molar-refractivity contribution is 5.89. The molecule has 6 heteroatoms. The first kappa shape index (κ1) is 23.7. The van der Waals surface area contributed by atoms with Crippen molar-refractivity contribution in [3.8, 4) is 0 Å². The minimum absolute atomic E-state index is 0.0545. The van der Waals surface area contributed by atoms with Crippen molar-refractivity contribution in [2.24, 2.45) is 5.92 Å². The largest absolute Gasteiger partial charge is 0.463 e. The van der Waals surface area contributed by atoms with Gasteiger partial charge in [-0.05, 0) is 44.2 Å². The number of rotatable bonds is 9. The lowest BCUT2D eigenvalue weighted by molar-refractivity contribution is -0.172. The highest BCUT2D eigenvalue weighted by atomic mass is 16.7. The third-order valence-electron chi connectivity index (χ3n) is 6.28. The maximum atomic E-state index is 12.7. The lowest BCUT2D eigenvalue weighted by Gasteiger charge is -2.34. The minimum atomic E-state index is -0.544. The summed E-state index contributed by atoms with van der Waals surface area (Å²) in [6.07, 6.45) is 6.61. The molecule has 2 aliphatic rings. The van der Waals surface area contributed by atoms with Crippen LogP contribution in [0, 0.1) is 5.92 Å². The Bertz CT molecular complexity index is 697. The molecule has 1 aromatic carbocycles. The van der Waals surface area contributed by atoms with E-state index < -0.39 is 5.79 Å². The average molecular weight is 433 g/mol. The Morgan fingerprint density at radius 3 is 2.58 bits per heavy atom. The SMILES string of the molecule is CCCCCC1(CC[C@@H]2CCC(=O)O[C@H](C)C[C@H]2OC(=O)c2ccccc2)OCCO1. The van der Waals surface area contributed by atoms with Crippen molar-refractivity contribution >= 4 is 11.9 Å². The zero-order valence-corrected chi connectivity index (χ0v) is 18.8. The van der Waals surface area contributed by atoms with Gasteiger partial charge in [0.15, 0.2) is 5.79 Å².